The molecule has 0 N–H and O–H groups in total. The summed E-state index contributed by atoms with van der Waals surface area (Å²) in [5.74, 6) is 1.39. The van der Waals surface area contributed by atoms with Gasteiger partial charge in [-0.1, -0.05) is 18.6 Å². The third kappa shape index (κ3) is 4.18. The molecule has 0 spiro atoms. The van der Waals surface area contributed by atoms with Crippen LogP contribution in [-0.4, -0.2) is 45.1 Å². The first-order valence-corrected chi connectivity index (χ1v) is 9.29. The number of hydrogen-bond donors (Lipinski definition) is 0. The Morgan fingerprint density at radius 3 is 2.35 bits per heavy atom. The monoisotopic (exact) mass is 352 g/mol. The zero-order valence-electron chi connectivity index (χ0n) is 15.9. The summed E-state index contributed by atoms with van der Waals surface area (Å²) in [6.07, 6.45) is 3.34. The van der Waals surface area contributed by atoms with Crippen LogP contribution in [0, 0.1) is 0 Å². The van der Waals surface area contributed by atoms with Crippen LogP contribution in [0.2, 0.25) is 0 Å². The average Bonchev–Trinajstić information content (AvgIpc) is 2.94. The Morgan fingerprint density at radius 1 is 1.04 bits per heavy atom. The highest BCUT2D eigenvalue weighted by Gasteiger charge is 2.24. The number of anilines is 1. The number of carbonyl (C=O) groups is 1. The largest absolute Gasteiger partial charge is 0.497 e. The van der Waals surface area contributed by atoms with E-state index in [1.54, 1.807) is 7.11 Å². The normalized spacial score (nSPS) is 17.5. The number of nitrogens with zero attached hydrogens (tertiary/aromatic N) is 2. The van der Waals surface area contributed by atoms with Crippen LogP contribution >= 0.6 is 0 Å². The van der Waals surface area contributed by atoms with Crippen molar-refractivity contribution in [3.63, 3.8) is 0 Å². The van der Waals surface area contributed by atoms with Gasteiger partial charge in [0.15, 0.2) is 0 Å². The van der Waals surface area contributed by atoms with Gasteiger partial charge in [-0.05, 0) is 54.8 Å². The van der Waals surface area contributed by atoms with E-state index < -0.39 is 0 Å². The van der Waals surface area contributed by atoms with E-state index in [9.17, 15) is 4.79 Å². The molecule has 1 amide bonds. The van der Waals surface area contributed by atoms with Crippen molar-refractivity contribution in [1.82, 2.24) is 4.90 Å². The minimum atomic E-state index is 0.135. The first-order chi connectivity index (χ1) is 12.6. The third-order valence-electron chi connectivity index (χ3n) is 5.18. The van der Waals surface area contributed by atoms with Crippen LogP contribution in [0.15, 0.2) is 48.5 Å². The van der Waals surface area contributed by atoms with Crippen LogP contribution in [0.5, 0.6) is 5.75 Å². The number of benzene rings is 2. The molecule has 1 unspecified atom stereocenters. The van der Waals surface area contributed by atoms with Gasteiger partial charge in [-0.15, -0.1) is 0 Å². The second-order valence-corrected chi connectivity index (χ2v) is 7.16. The molecule has 26 heavy (non-hydrogen) atoms. The maximum atomic E-state index is 13.0. The van der Waals surface area contributed by atoms with E-state index in [4.69, 9.17) is 4.74 Å². The zero-order valence-corrected chi connectivity index (χ0v) is 15.9. The van der Waals surface area contributed by atoms with Gasteiger partial charge in [-0.25, -0.2) is 0 Å². The lowest BCUT2D eigenvalue weighted by atomic mass is 9.94. The Kier molecular flexibility index (Phi) is 5.82. The number of amides is 1. The van der Waals surface area contributed by atoms with E-state index in [2.05, 4.69) is 12.1 Å². The van der Waals surface area contributed by atoms with E-state index in [-0.39, 0.29) is 5.91 Å². The number of carbonyl (C=O) groups excluding carboxylic acids is 1. The molecule has 2 aromatic rings. The lowest BCUT2D eigenvalue weighted by Gasteiger charge is -2.25. The summed E-state index contributed by atoms with van der Waals surface area (Å²) < 4.78 is 5.26. The highest BCUT2D eigenvalue weighted by molar-refractivity contribution is 5.94. The standard InChI is InChI=1S/C22H28N2O2/c1-23(2)20-11-7-18(8-12-20)22(25)24-15-5-4-6-19(16-24)17-9-13-21(26-3)14-10-17/h7-14,19H,4-6,15-16H2,1-3H3. The summed E-state index contributed by atoms with van der Waals surface area (Å²) in [5.41, 5.74) is 3.16. The van der Waals surface area contributed by atoms with Crippen LogP contribution in [0.1, 0.15) is 41.1 Å². The van der Waals surface area contributed by atoms with Crippen molar-refractivity contribution < 1.29 is 9.53 Å². The SMILES string of the molecule is COc1ccc(C2CCCCN(C(=O)c3ccc(N(C)C)cc3)C2)cc1. The molecule has 3 rings (SSSR count). The second kappa shape index (κ2) is 8.26. The summed E-state index contributed by atoms with van der Waals surface area (Å²) in [7, 11) is 5.69. The van der Waals surface area contributed by atoms with Gasteiger partial charge in [0.05, 0.1) is 7.11 Å². The minimum Gasteiger partial charge on any atom is -0.497 e. The maximum absolute atomic E-state index is 13.0. The molecule has 1 aliphatic rings. The summed E-state index contributed by atoms with van der Waals surface area (Å²) in [4.78, 5) is 17.1. The van der Waals surface area contributed by atoms with Gasteiger partial charge < -0.3 is 14.5 Å². The first-order valence-electron chi connectivity index (χ1n) is 9.29. The maximum Gasteiger partial charge on any atom is 0.253 e. The lowest BCUT2D eigenvalue weighted by molar-refractivity contribution is 0.0754. The molecule has 0 radical (unpaired) electrons. The fourth-order valence-electron chi connectivity index (χ4n) is 3.56. The molecule has 1 saturated heterocycles. The number of rotatable bonds is 4. The van der Waals surface area contributed by atoms with E-state index in [0.29, 0.717) is 5.92 Å². The van der Waals surface area contributed by atoms with Gasteiger partial charge in [0.25, 0.3) is 5.91 Å². The van der Waals surface area contributed by atoms with Crippen molar-refractivity contribution in [3.8, 4) is 5.75 Å². The highest BCUT2D eigenvalue weighted by atomic mass is 16.5. The molecular weight excluding hydrogens is 324 g/mol. The second-order valence-electron chi connectivity index (χ2n) is 7.16. The summed E-state index contributed by atoms with van der Waals surface area (Å²) in [6, 6.07) is 16.2. The van der Waals surface area contributed by atoms with Gasteiger partial charge in [-0.2, -0.15) is 0 Å². The minimum absolute atomic E-state index is 0.135. The van der Waals surface area contributed by atoms with Crippen molar-refractivity contribution in [3.05, 3.63) is 59.7 Å². The fraction of sp³-hybridized carbons (Fsp3) is 0.409. The van der Waals surface area contributed by atoms with Crippen molar-refractivity contribution in [2.75, 3.05) is 39.2 Å². The van der Waals surface area contributed by atoms with Crippen LogP contribution in [0.3, 0.4) is 0 Å². The van der Waals surface area contributed by atoms with Gasteiger partial charge in [0, 0.05) is 44.4 Å². The number of methoxy groups -OCH3 is 1. The molecule has 1 fully saturated rings. The van der Waals surface area contributed by atoms with Crippen LogP contribution in [-0.2, 0) is 0 Å². The number of ether oxygens (including phenoxy) is 1. The van der Waals surface area contributed by atoms with Crippen LogP contribution in [0.25, 0.3) is 0 Å². The van der Waals surface area contributed by atoms with Crippen LogP contribution < -0.4 is 9.64 Å². The summed E-state index contributed by atoms with van der Waals surface area (Å²) in [6.45, 7) is 1.61. The van der Waals surface area contributed by atoms with Gasteiger partial charge in [0.1, 0.15) is 5.75 Å². The average molecular weight is 352 g/mol. The van der Waals surface area contributed by atoms with E-state index >= 15 is 0 Å². The molecule has 2 aromatic carbocycles. The molecule has 1 atom stereocenters. The Balaban J connectivity index is 1.74. The van der Waals surface area contributed by atoms with Crippen LogP contribution in [0.4, 0.5) is 5.69 Å². The zero-order chi connectivity index (χ0) is 18.5. The molecule has 138 valence electrons. The van der Waals surface area contributed by atoms with Crippen molar-refractivity contribution in [1.29, 1.82) is 0 Å². The van der Waals surface area contributed by atoms with Gasteiger partial charge in [-0.3, -0.25) is 4.79 Å². The predicted octanol–water partition coefficient (Wildman–Crippen LogP) is 4.17. The number of likely N-dealkylation sites (tertiary alicyclic amines) is 1. The van der Waals surface area contributed by atoms with E-state index in [1.807, 2.05) is 60.3 Å². The first kappa shape index (κ1) is 18.3. The quantitative estimate of drug-likeness (QED) is 0.828. The molecule has 1 heterocycles. The topological polar surface area (TPSA) is 32.8 Å². The fourth-order valence-corrected chi connectivity index (χ4v) is 3.56. The van der Waals surface area contributed by atoms with Gasteiger partial charge in [0.2, 0.25) is 0 Å². The molecule has 0 bridgehead atoms. The smallest absolute Gasteiger partial charge is 0.253 e. The Hall–Kier alpha value is -2.49. The van der Waals surface area contributed by atoms with E-state index in [1.165, 1.54) is 5.56 Å². The van der Waals surface area contributed by atoms with Crippen molar-refractivity contribution >= 4 is 11.6 Å². The third-order valence-corrected chi connectivity index (χ3v) is 5.18. The van der Waals surface area contributed by atoms with Gasteiger partial charge >= 0.3 is 0 Å². The van der Waals surface area contributed by atoms with Crippen molar-refractivity contribution in [2.45, 2.75) is 25.2 Å². The number of hydrogen-bond acceptors (Lipinski definition) is 3. The molecule has 0 aliphatic carbocycles. The van der Waals surface area contributed by atoms with Crippen molar-refractivity contribution in [2.24, 2.45) is 0 Å². The van der Waals surface area contributed by atoms with E-state index in [0.717, 1.165) is 49.4 Å². The lowest BCUT2D eigenvalue weighted by Crippen LogP contribution is -2.34. The Labute approximate surface area is 156 Å². The molecular formula is C22H28N2O2. The Bertz CT molecular complexity index is 723. The molecule has 0 saturated carbocycles. The summed E-state index contributed by atoms with van der Waals surface area (Å²) in [5, 5.41) is 0. The molecule has 4 nitrogen and oxygen atoms in total. The Morgan fingerprint density at radius 2 is 1.73 bits per heavy atom. The molecule has 4 heteroatoms. The predicted molar refractivity (Wildman–Crippen MR) is 106 cm³/mol. The summed E-state index contributed by atoms with van der Waals surface area (Å²) >= 11 is 0. The molecule has 1 aliphatic heterocycles. The molecule has 0 aromatic heterocycles. The highest BCUT2D eigenvalue weighted by Crippen LogP contribution is 2.28.